The van der Waals surface area contributed by atoms with E-state index < -0.39 is 0 Å². The van der Waals surface area contributed by atoms with Crippen LogP contribution in [0.15, 0.2) is 24.4 Å². The molecule has 0 aliphatic heterocycles. The van der Waals surface area contributed by atoms with Crippen LogP contribution in [0.1, 0.15) is 12.6 Å². The number of hydrogen-bond donors (Lipinski definition) is 0. The number of rotatable bonds is 1. The standard InChI is InChI=1S/C8H8N.Ir/c1-2-5-8-6-3-4-7-9-8;/h3-7H,1H3;/q-1;. The Morgan fingerprint density at radius 1 is 1.50 bits per heavy atom. The molecular formula is C8H8IrN-. The second kappa shape index (κ2) is 5.33. The van der Waals surface area contributed by atoms with Crippen molar-refractivity contribution in [2.45, 2.75) is 6.92 Å². The monoisotopic (exact) mass is 311 g/mol. The zero-order valence-electron chi connectivity index (χ0n) is 5.67. The molecule has 55 valence electrons. The van der Waals surface area contributed by atoms with Crippen LogP contribution in [0, 0.1) is 6.08 Å². The van der Waals surface area contributed by atoms with Crippen molar-refractivity contribution in [3.63, 3.8) is 0 Å². The molecule has 0 aromatic carbocycles. The zero-order valence-corrected chi connectivity index (χ0v) is 8.06. The summed E-state index contributed by atoms with van der Waals surface area (Å²) < 4.78 is 0. The molecule has 0 fully saturated rings. The molecule has 10 heavy (non-hydrogen) atoms. The van der Waals surface area contributed by atoms with E-state index in [1.807, 2.05) is 31.2 Å². The SMILES string of the molecule is C[C-]=Cc1ccccn1.[Ir]. The number of nitrogens with zero attached hydrogens (tertiary/aromatic N) is 1. The van der Waals surface area contributed by atoms with Gasteiger partial charge in [-0.25, -0.2) is 6.08 Å². The van der Waals surface area contributed by atoms with Crippen LogP contribution in [0.5, 0.6) is 0 Å². The molecule has 0 aliphatic rings. The van der Waals surface area contributed by atoms with Crippen molar-refractivity contribution in [2.24, 2.45) is 0 Å². The molecule has 1 rings (SSSR count). The van der Waals surface area contributed by atoms with Crippen molar-refractivity contribution in [1.82, 2.24) is 4.98 Å². The van der Waals surface area contributed by atoms with E-state index in [-0.39, 0.29) is 20.1 Å². The summed E-state index contributed by atoms with van der Waals surface area (Å²) in [4.78, 5) is 4.05. The Balaban J connectivity index is 0.000000810. The third-order valence-electron chi connectivity index (χ3n) is 0.980. The molecule has 0 saturated carbocycles. The molecule has 0 unspecified atom stereocenters. The van der Waals surface area contributed by atoms with E-state index in [1.165, 1.54) is 0 Å². The second-order valence-corrected chi connectivity index (χ2v) is 1.69. The van der Waals surface area contributed by atoms with Gasteiger partial charge in [-0.3, -0.25) is 6.08 Å². The van der Waals surface area contributed by atoms with Crippen molar-refractivity contribution in [2.75, 3.05) is 0 Å². The van der Waals surface area contributed by atoms with Crippen molar-refractivity contribution >= 4 is 6.08 Å². The fourth-order valence-electron chi connectivity index (χ4n) is 0.609. The summed E-state index contributed by atoms with van der Waals surface area (Å²) in [6.07, 6.45) is 6.51. The quantitative estimate of drug-likeness (QED) is 0.722. The van der Waals surface area contributed by atoms with Gasteiger partial charge < -0.3 is 4.98 Å². The van der Waals surface area contributed by atoms with E-state index in [1.54, 1.807) is 6.20 Å². The maximum Gasteiger partial charge on any atom is 0.00534 e. The Morgan fingerprint density at radius 3 is 2.80 bits per heavy atom. The maximum atomic E-state index is 4.05. The topological polar surface area (TPSA) is 12.9 Å². The van der Waals surface area contributed by atoms with E-state index in [9.17, 15) is 0 Å². The third-order valence-corrected chi connectivity index (χ3v) is 0.980. The third kappa shape index (κ3) is 2.90. The van der Waals surface area contributed by atoms with Crippen LogP contribution in [0.3, 0.4) is 0 Å². The maximum absolute atomic E-state index is 4.05. The minimum Gasteiger partial charge on any atom is -0.351 e. The molecule has 0 N–H and O–H groups in total. The molecule has 1 aromatic rings. The molecule has 0 spiro atoms. The summed E-state index contributed by atoms with van der Waals surface area (Å²) in [6, 6.07) is 5.79. The van der Waals surface area contributed by atoms with E-state index in [4.69, 9.17) is 0 Å². The number of pyridine rings is 1. The first-order chi connectivity index (χ1) is 4.43. The molecule has 0 aliphatic carbocycles. The molecule has 0 atom stereocenters. The molecule has 0 amide bonds. The first kappa shape index (κ1) is 9.54. The van der Waals surface area contributed by atoms with Crippen LogP contribution in [0.2, 0.25) is 0 Å². The Bertz CT molecular complexity index is 194. The Labute approximate surface area is 74.5 Å². The minimum atomic E-state index is 0. The van der Waals surface area contributed by atoms with Gasteiger partial charge in [-0.15, -0.1) is 13.0 Å². The average molecular weight is 310 g/mol. The van der Waals surface area contributed by atoms with E-state index >= 15 is 0 Å². The summed E-state index contributed by atoms with van der Waals surface area (Å²) in [5.41, 5.74) is 0.958. The summed E-state index contributed by atoms with van der Waals surface area (Å²) in [5.74, 6) is 0. The molecule has 0 saturated heterocycles. The van der Waals surface area contributed by atoms with Gasteiger partial charge in [0, 0.05) is 26.3 Å². The van der Waals surface area contributed by atoms with Crippen molar-refractivity contribution in [1.29, 1.82) is 0 Å². The average Bonchev–Trinajstić information content (AvgIpc) is 1.91. The first-order valence-corrected chi connectivity index (χ1v) is 2.85. The van der Waals surface area contributed by atoms with Crippen LogP contribution in [-0.4, -0.2) is 4.98 Å². The van der Waals surface area contributed by atoms with Crippen LogP contribution >= 0.6 is 0 Å². The van der Waals surface area contributed by atoms with Gasteiger partial charge in [0.05, 0.1) is 0 Å². The van der Waals surface area contributed by atoms with Crippen LogP contribution in [0.4, 0.5) is 0 Å². The first-order valence-electron chi connectivity index (χ1n) is 2.85. The predicted octanol–water partition coefficient (Wildman–Crippen LogP) is 1.92. The Hall–Kier alpha value is -0.461. The molecule has 1 heterocycles. The van der Waals surface area contributed by atoms with Crippen LogP contribution in [0.25, 0.3) is 6.08 Å². The van der Waals surface area contributed by atoms with Gasteiger partial charge in [0.2, 0.25) is 0 Å². The molecular weight excluding hydrogens is 302 g/mol. The van der Waals surface area contributed by atoms with Crippen molar-refractivity contribution < 1.29 is 20.1 Å². The number of allylic oxidation sites excluding steroid dienone is 1. The molecule has 1 aromatic heterocycles. The van der Waals surface area contributed by atoms with Gasteiger partial charge in [0.15, 0.2) is 0 Å². The number of aromatic nitrogens is 1. The van der Waals surface area contributed by atoms with E-state index in [2.05, 4.69) is 11.1 Å². The fourth-order valence-corrected chi connectivity index (χ4v) is 0.609. The number of hydrogen-bond acceptors (Lipinski definition) is 1. The fraction of sp³-hybridized carbons (Fsp3) is 0.125. The second-order valence-electron chi connectivity index (χ2n) is 1.69. The summed E-state index contributed by atoms with van der Waals surface area (Å²) in [7, 11) is 0. The molecule has 1 radical (unpaired) electrons. The normalized spacial score (nSPS) is 9.30. The van der Waals surface area contributed by atoms with E-state index in [0.29, 0.717) is 0 Å². The zero-order chi connectivity index (χ0) is 6.53. The largest absolute Gasteiger partial charge is 0.351 e. The van der Waals surface area contributed by atoms with E-state index in [0.717, 1.165) is 5.69 Å². The Morgan fingerprint density at radius 2 is 2.30 bits per heavy atom. The summed E-state index contributed by atoms with van der Waals surface area (Å²) in [6.45, 7) is 1.86. The van der Waals surface area contributed by atoms with Crippen LogP contribution < -0.4 is 0 Å². The van der Waals surface area contributed by atoms with Gasteiger partial charge in [-0.2, -0.15) is 0 Å². The van der Waals surface area contributed by atoms with Gasteiger partial charge in [-0.1, -0.05) is 11.8 Å². The minimum absolute atomic E-state index is 0. The van der Waals surface area contributed by atoms with Gasteiger partial charge in [0.1, 0.15) is 0 Å². The van der Waals surface area contributed by atoms with Crippen molar-refractivity contribution in [3.8, 4) is 0 Å². The van der Waals surface area contributed by atoms with Crippen LogP contribution in [-0.2, 0) is 20.1 Å². The summed E-state index contributed by atoms with van der Waals surface area (Å²) in [5, 5.41) is 0. The van der Waals surface area contributed by atoms with Gasteiger partial charge >= 0.3 is 0 Å². The summed E-state index contributed by atoms with van der Waals surface area (Å²) >= 11 is 0. The smallest absolute Gasteiger partial charge is 0.00534 e. The Kier molecular flexibility index (Phi) is 5.09. The predicted molar refractivity (Wildman–Crippen MR) is 37.6 cm³/mol. The molecule has 2 heteroatoms. The van der Waals surface area contributed by atoms with Gasteiger partial charge in [-0.05, 0) is 6.07 Å². The van der Waals surface area contributed by atoms with Crippen molar-refractivity contribution in [3.05, 3.63) is 36.2 Å². The van der Waals surface area contributed by atoms with Gasteiger partial charge in [0.25, 0.3) is 0 Å². The molecule has 1 nitrogen and oxygen atoms in total. The molecule has 0 bridgehead atoms.